The van der Waals surface area contributed by atoms with Gasteiger partial charge in [-0.2, -0.15) is 13.2 Å². The summed E-state index contributed by atoms with van der Waals surface area (Å²) in [4.78, 5) is 20.1. The summed E-state index contributed by atoms with van der Waals surface area (Å²) in [5.41, 5.74) is 0. The molecule has 2 aliphatic heterocycles. The van der Waals surface area contributed by atoms with Crippen molar-refractivity contribution in [2.75, 3.05) is 52.4 Å². The molecule has 2 heterocycles. The van der Waals surface area contributed by atoms with E-state index in [0.717, 1.165) is 44.9 Å². The number of aliphatic imine (C=N–C) groups is 1. The number of hydrogen-bond acceptors (Lipinski definition) is 4. The van der Waals surface area contributed by atoms with Crippen LogP contribution in [-0.4, -0.2) is 80.3 Å². The Balaban J connectivity index is 0.00000392. The number of rotatable bonds is 6. The van der Waals surface area contributed by atoms with Gasteiger partial charge in [0.05, 0.1) is 19.1 Å². The molecule has 0 amide bonds. The van der Waals surface area contributed by atoms with Crippen LogP contribution in [0, 0.1) is 11.8 Å². The van der Waals surface area contributed by atoms with E-state index in [1.54, 1.807) is 0 Å². The third-order valence-electron chi connectivity index (χ3n) is 5.02. The molecule has 0 aliphatic carbocycles. The van der Waals surface area contributed by atoms with Gasteiger partial charge in [0.15, 0.2) is 5.96 Å². The molecule has 164 valence electrons. The number of guanidine groups is 1. The van der Waals surface area contributed by atoms with E-state index in [1.807, 2.05) is 13.8 Å². The minimum Gasteiger partial charge on any atom is -0.466 e. The highest BCUT2D eigenvalue weighted by molar-refractivity contribution is 14.0. The Hall–Kier alpha value is -0.780. The number of esters is 1. The Morgan fingerprint density at radius 2 is 1.86 bits per heavy atom. The fraction of sp³-hybridized carbons (Fsp3) is 0.889. The van der Waals surface area contributed by atoms with Gasteiger partial charge in [0.1, 0.15) is 0 Å². The lowest BCUT2D eigenvalue weighted by molar-refractivity contribution is -0.149. The largest absolute Gasteiger partial charge is 0.466 e. The summed E-state index contributed by atoms with van der Waals surface area (Å²) >= 11 is 0. The quantitative estimate of drug-likeness (QED) is 0.253. The summed E-state index contributed by atoms with van der Waals surface area (Å²) in [6.07, 6.45) is -1.95. The molecule has 2 fully saturated rings. The molecule has 10 heteroatoms. The predicted molar refractivity (Wildman–Crippen MR) is 113 cm³/mol. The van der Waals surface area contributed by atoms with Gasteiger partial charge in [-0.15, -0.1) is 24.0 Å². The molecule has 0 aromatic carbocycles. The Morgan fingerprint density at radius 3 is 2.43 bits per heavy atom. The van der Waals surface area contributed by atoms with Gasteiger partial charge in [-0.05, 0) is 45.6 Å². The van der Waals surface area contributed by atoms with Crippen molar-refractivity contribution in [2.45, 2.75) is 39.3 Å². The maximum Gasteiger partial charge on any atom is 0.401 e. The number of alkyl halides is 3. The smallest absolute Gasteiger partial charge is 0.401 e. The Labute approximate surface area is 182 Å². The van der Waals surface area contributed by atoms with Crippen molar-refractivity contribution >= 4 is 35.9 Å². The summed E-state index contributed by atoms with van der Waals surface area (Å²) in [6.45, 7) is 6.96. The molecule has 0 saturated carbocycles. The van der Waals surface area contributed by atoms with Crippen molar-refractivity contribution in [3.8, 4) is 0 Å². The molecule has 6 nitrogen and oxygen atoms in total. The summed E-state index contributed by atoms with van der Waals surface area (Å²) in [5.74, 6) is 0.747. The van der Waals surface area contributed by atoms with Crippen molar-refractivity contribution in [2.24, 2.45) is 16.8 Å². The number of carbonyl (C=O) groups excluding carboxylic acids is 1. The second-order valence-corrected chi connectivity index (χ2v) is 7.21. The summed E-state index contributed by atoms with van der Waals surface area (Å²) in [5, 5.41) is 3.26. The van der Waals surface area contributed by atoms with Crippen LogP contribution in [0.4, 0.5) is 13.2 Å². The van der Waals surface area contributed by atoms with E-state index in [1.165, 1.54) is 4.90 Å². The lowest BCUT2D eigenvalue weighted by atomic mass is 9.97. The fourth-order valence-electron chi connectivity index (χ4n) is 3.69. The standard InChI is InChI=1S/C18H31F3N4O2.HI/c1-3-22-17(25-9-6-15(7-10-25)16(26)27-4-2)23-11-14-5-8-24(12-14)13-18(19,20)21;/h14-15H,3-13H2,1-2H3,(H,22,23);1H. The van der Waals surface area contributed by atoms with E-state index in [4.69, 9.17) is 4.74 Å². The molecule has 0 aromatic rings. The molecule has 2 rings (SSSR count). The second-order valence-electron chi connectivity index (χ2n) is 7.21. The van der Waals surface area contributed by atoms with Crippen molar-refractivity contribution in [3.63, 3.8) is 0 Å². The zero-order valence-corrected chi connectivity index (χ0v) is 19.0. The van der Waals surface area contributed by atoms with Gasteiger partial charge in [0.25, 0.3) is 0 Å². The van der Waals surface area contributed by atoms with Gasteiger partial charge in [0, 0.05) is 32.7 Å². The first-order chi connectivity index (χ1) is 12.8. The Morgan fingerprint density at radius 1 is 1.18 bits per heavy atom. The van der Waals surface area contributed by atoms with Crippen molar-refractivity contribution < 1.29 is 22.7 Å². The number of halogens is 4. The van der Waals surface area contributed by atoms with Crippen LogP contribution < -0.4 is 5.32 Å². The normalized spacial score (nSPS) is 22.1. The molecule has 2 saturated heterocycles. The lowest BCUT2D eigenvalue weighted by Gasteiger charge is -2.33. The minimum atomic E-state index is -4.14. The van der Waals surface area contributed by atoms with E-state index in [2.05, 4.69) is 15.2 Å². The number of ether oxygens (including phenoxy) is 1. The molecule has 1 atom stereocenters. The first-order valence-corrected chi connectivity index (χ1v) is 9.81. The van der Waals surface area contributed by atoms with Crippen LogP contribution in [0.15, 0.2) is 4.99 Å². The molecule has 0 radical (unpaired) electrons. The first kappa shape index (κ1) is 25.3. The average molecular weight is 520 g/mol. The van der Waals surface area contributed by atoms with Crippen molar-refractivity contribution in [1.29, 1.82) is 0 Å². The van der Waals surface area contributed by atoms with Gasteiger partial charge in [-0.3, -0.25) is 14.7 Å². The lowest BCUT2D eigenvalue weighted by Crippen LogP contribution is -2.47. The number of piperidine rings is 1. The molecule has 0 spiro atoms. The van der Waals surface area contributed by atoms with Crippen molar-refractivity contribution in [1.82, 2.24) is 15.1 Å². The minimum absolute atomic E-state index is 0. The van der Waals surface area contributed by atoms with Crippen LogP contribution in [0.3, 0.4) is 0 Å². The highest BCUT2D eigenvalue weighted by Gasteiger charge is 2.34. The average Bonchev–Trinajstić information content (AvgIpc) is 3.04. The van der Waals surface area contributed by atoms with Gasteiger partial charge in [0.2, 0.25) is 0 Å². The fourth-order valence-corrected chi connectivity index (χ4v) is 3.69. The Bertz CT molecular complexity index is 512. The highest BCUT2D eigenvalue weighted by atomic mass is 127. The van der Waals surface area contributed by atoms with E-state index in [0.29, 0.717) is 26.2 Å². The number of nitrogens with one attached hydrogen (secondary N) is 1. The van der Waals surface area contributed by atoms with Crippen LogP contribution in [0.25, 0.3) is 0 Å². The molecule has 2 aliphatic rings. The van der Waals surface area contributed by atoms with Crippen LogP contribution >= 0.6 is 24.0 Å². The molecule has 0 aromatic heterocycles. The molecule has 28 heavy (non-hydrogen) atoms. The van der Waals surface area contributed by atoms with Crippen LogP contribution in [0.5, 0.6) is 0 Å². The molecule has 0 bridgehead atoms. The first-order valence-electron chi connectivity index (χ1n) is 9.81. The summed E-state index contributed by atoms with van der Waals surface area (Å²) in [6, 6.07) is 0. The number of hydrogen-bond donors (Lipinski definition) is 1. The second kappa shape index (κ2) is 12.0. The highest BCUT2D eigenvalue weighted by Crippen LogP contribution is 2.23. The van der Waals surface area contributed by atoms with Crippen LogP contribution in [0.2, 0.25) is 0 Å². The third-order valence-corrected chi connectivity index (χ3v) is 5.02. The van der Waals surface area contributed by atoms with E-state index >= 15 is 0 Å². The topological polar surface area (TPSA) is 57.2 Å². The molecule has 1 N–H and O–H groups in total. The van der Waals surface area contributed by atoms with Gasteiger partial charge >= 0.3 is 12.1 Å². The number of carbonyl (C=O) groups is 1. The van der Waals surface area contributed by atoms with E-state index in [9.17, 15) is 18.0 Å². The predicted octanol–water partition coefficient (Wildman–Crippen LogP) is 2.73. The van der Waals surface area contributed by atoms with Gasteiger partial charge in [-0.25, -0.2) is 0 Å². The van der Waals surface area contributed by atoms with Crippen molar-refractivity contribution in [3.05, 3.63) is 0 Å². The van der Waals surface area contributed by atoms with Gasteiger partial charge in [-0.1, -0.05) is 0 Å². The zero-order chi connectivity index (χ0) is 19.9. The summed E-state index contributed by atoms with van der Waals surface area (Å²) in [7, 11) is 0. The molecular weight excluding hydrogens is 488 g/mol. The SMILES string of the molecule is CCNC(=NCC1CCN(CC(F)(F)F)C1)N1CCC(C(=O)OCC)CC1.I. The van der Waals surface area contributed by atoms with Gasteiger partial charge < -0.3 is 15.0 Å². The number of nitrogens with zero attached hydrogens (tertiary/aromatic N) is 3. The third kappa shape index (κ3) is 8.30. The van der Waals surface area contributed by atoms with Crippen LogP contribution in [0.1, 0.15) is 33.1 Å². The van der Waals surface area contributed by atoms with Crippen LogP contribution in [-0.2, 0) is 9.53 Å². The maximum absolute atomic E-state index is 12.5. The maximum atomic E-state index is 12.5. The monoisotopic (exact) mass is 520 g/mol. The Kier molecular flexibility index (Phi) is 10.9. The number of likely N-dealkylation sites (tertiary alicyclic amines) is 2. The summed E-state index contributed by atoms with van der Waals surface area (Å²) < 4.78 is 42.6. The van der Waals surface area contributed by atoms with E-state index < -0.39 is 12.7 Å². The van der Waals surface area contributed by atoms with E-state index in [-0.39, 0.29) is 41.8 Å². The molecule has 1 unspecified atom stereocenters. The molecular formula is C18H32F3IN4O2. The zero-order valence-electron chi connectivity index (χ0n) is 16.6.